The Morgan fingerprint density at radius 3 is 2.63 bits per heavy atom. The Labute approximate surface area is 157 Å². The van der Waals surface area contributed by atoms with Gasteiger partial charge in [-0.05, 0) is 30.7 Å². The minimum atomic E-state index is 0.0822. The summed E-state index contributed by atoms with van der Waals surface area (Å²) in [5.41, 5.74) is 3.25. The standard InChI is InChI=1S/C20H22N6O/c1-15-9-10-18(25(15)2)20-24-23-19(27-20)13-21-17(14-26-12-6-11-22-26)16-7-4-3-5-8-16/h3-12,17,21H,13-14H2,1-2H3. The number of rotatable bonds is 7. The molecule has 1 atom stereocenters. The lowest BCUT2D eigenvalue weighted by Crippen LogP contribution is -2.25. The minimum absolute atomic E-state index is 0.0822. The molecule has 1 unspecified atom stereocenters. The third-order valence-corrected chi connectivity index (χ3v) is 4.69. The average molecular weight is 362 g/mol. The zero-order valence-electron chi connectivity index (χ0n) is 15.4. The van der Waals surface area contributed by atoms with Gasteiger partial charge in [0, 0.05) is 25.1 Å². The van der Waals surface area contributed by atoms with Crippen LogP contribution in [0.4, 0.5) is 0 Å². The van der Waals surface area contributed by atoms with E-state index in [-0.39, 0.29) is 6.04 Å². The maximum atomic E-state index is 5.86. The Bertz CT molecular complexity index is 987. The quantitative estimate of drug-likeness (QED) is 0.547. The molecule has 7 nitrogen and oxygen atoms in total. The highest BCUT2D eigenvalue weighted by Gasteiger charge is 2.16. The van der Waals surface area contributed by atoms with Gasteiger partial charge in [-0.2, -0.15) is 5.10 Å². The van der Waals surface area contributed by atoms with Crippen LogP contribution < -0.4 is 5.32 Å². The van der Waals surface area contributed by atoms with E-state index in [0.717, 1.165) is 17.9 Å². The van der Waals surface area contributed by atoms with Crippen molar-refractivity contribution in [2.45, 2.75) is 26.1 Å². The molecule has 0 aliphatic rings. The molecule has 0 fully saturated rings. The van der Waals surface area contributed by atoms with E-state index in [0.29, 0.717) is 18.3 Å². The second-order valence-corrected chi connectivity index (χ2v) is 6.49. The molecule has 0 bridgehead atoms. The number of aromatic nitrogens is 5. The molecule has 4 aromatic rings. The second kappa shape index (κ2) is 7.59. The summed E-state index contributed by atoms with van der Waals surface area (Å²) in [5.74, 6) is 1.09. The molecule has 0 saturated heterocycles. The minimum Gasteiger partial charge on any atom is -0.418 e. The highest BCUT2D eigenvalue weighted by Crippen LogP contribution is 2.21. The summed E-state index contributed by atoms with van der Waals surface area (Å²) in [5, 5.41) is 16.2. The van der Waals surface area contributed by atoms with Crippen molar-refractivity contribution >= 4 is 0 Å². The SMILES string of the molecule is Cc1ccc(-c2nnc(CNC(Cn3cccn3)c3ccccc3)o2)n1C. The Hall–Kier alpha value is -3.19. The van der Waals surface area contributed by atoms with Gasteiger partial charge < -0.3 is 8.98 Å². The molecule has 0 radical (unpaired) electrons. The van der Waals surface area contributed by atoms with E-state index in [2.05, 4.69) is 32.7 Å². The van der Waals surface area contributed by atoms with Crippen LogP contribution in [0.2, 0.25) is 0 Å². The van der Waals surface area contributed by atoms with Crippen LogP contribution in [0.25, 0.3) is 11.6 Å². The van der Waals surface area contributed by atoms with Crippen LogP contribution in [0.5, 0.6) is 0 Å². The first kappa shape index (κ1) is 17.2. The molecule has 1 aromatic carbocycles. The van der Waals surface area contributed by atoms with Gasteiger partial charge in [0.05, 0.1) is 19.1 Å². The van der Waals surface area contributed by atoms with Crippen LogP contribution in [0, 0.1) is 6.92 Å². The first-order valence-electron chi connectivity index (χ1n) is 8.91. The van der Waals surface area contributed by atoms with Gasteiger partial charge in [-0.25, -0.2) is 0 Å². The van der Waals surface area contributed by atoms with Crippen molar-refractivity contribution in [3.8, 4) is 11.6 Å². The number of hydrogen-bond acceptors (Lipinski definition) is 5. The largest absolute Gasteiger partial charge is 0.418 e. The molecule has 3 heterocycles. The normalized spacial score (nSPS) is 12.4. The summed E-state index contributed by atoms with van der Waals surface area (Å²) in [4.78, 5) is 0. The predicted molar refractivity (Wildman–Crippen MR) is 102 cm³/mol. The summed E-state index contributed by atoms with van der Waals surface area (Å²) in [6.45, 7) is 3.24. The fourth-order valence-corrected chi connectivity index (χ4v) is 3.04. The van der Waals surface area contributed by atoms with Crippen LogP contribution in [-0.2, 0) is 20.1 Å². The third-order valence-electron chi connectivity index (χ3n) is 4.69. The van der Waals surface area contributed by atoms with Crippen LogP contribution in [0.15, 0.2) is 65.3 Å². The predicted octanol–water partition coefficient (Wildman–Crippen LogP) is 3.11. The number of nitrogens with zero attached hydrogens (tertiary/aromatic N) is 5. The Morgan fingerprint density at radius 2 is 1.93 bits per heavy atom. The summed E-state index contributed by atoms with van der Waals surface area (Å²) in [6, 6.07) is 16.3. The van der Waals surface area contributed by atoms with E-state index < -0.39 is 0 Å². The fraction of sp³-hybridized carbons (Fsp3) is 0.250. The van der Waals surface area contributed by atoms with Crippen LogP contribution in [0.1, 0.15) is 23.2 Å². The maximum Gasteiger partial charge on any atom is 0.264 e. The monoisotopic (exact) mass is 362 g/mol. The van der Waals surface area contributed by atoms with Gasteiger partial charge in [-0.15, -0.1) is 10.2 Å². The van der Waals surface area contributed by atoms with Gasteiger partial charge in [-0.1, -0.05) is 30.3 Å². The molecular weight excluding hydrogens is 340 g/mol. The van der Waals surface area contributed by atoms with E-state index in [1.165, 1.54) is 5.56 Å². The maximum absolute atomic E-state index is 5.86. The molecule has 7 heteroatoms. The molecule has 0 spiro atoms. The van der Waals surface area contributed by atoms with E-state index in [4.69, 9.17) is 4.42 Å². The molecule has 0 aliphatic heterocycles. The van der Waals surface area contributed by atoms with Gasteiger partial charge in [0.15, 0.2) is 0 Å². The highest BCUT2D eigenvalue weighted by atomic mass is 16.4. The van der Waals surface area contributed by atoms with Gasteiger partial charge in [0.1, 0.15) is 5.69 Å². The lowest BCUT2D eigenvalue weighted by molar-refractivity contribution is 0.400. The summed E-state index contributed by atoms with van der Waals surface area (Å²) >= 11 is 0. The third kappa shape index (κ3) is 3.83. The van der Waals surface area contributed by atoms with Crippen LogP contribution >= 0.6 is 0 Å². The molecular formula is C20H22N6O. The Kier molecular flexibility index (Phi) is 4.84. The number of nitrogens with one attached hydrogen (secondary N) is 1. The van der Waals surface area contributed by atoms with Crippen molar-refractivity contribution in [2.24, 2.45) is 7.05 Å². The van der Waals surface area contributed by atoms with Crippen LogP contribution in [0.3, 0.4) is 0 Å². The van der Waals surface area contributed by atoms with Crippen molar-refractivity contribution < 1.29 is 4.42 Å². The average Bonchev–Trinajstić information content (AvgIpc) is 3.43. The van der Waals surface area contributed by atoms with Crippen molar-refractivity contribution in [1.29, 1.82) is 0 Å². The van der Waals surface area contributed by atoms with Crippen molar-refractivity contribution in [3.05, 3.63) is 78.1 Å². The van der Waals surface area contributed by atoms with Crippen molar-refractivity contribution in [3.63, 3.8) is 0 Å². The highest BCUT2D eigenvalue weighted by molar-refractivity contribution is 5.48. The van der Waals surface area contributed by atoms with Crippen molar-refractivity contribution in [1.82, 2.24) is 29.9 Å². The molecule has 138 valence electrons. The zero-order valence-corrected chi connectivity index (χ0v) is 15.4. The lowest BCUT2D eigenvalue weighted by Gasteiger charge is -2.18. The lowest BCUT2D eigenvalue weighted by atomic mass is 10.1. The second-order valence-electron chi connectivity index (χ2n) is 6.49. The van der Waals surface area contributed by atoms with E-state index in [1.807, 2.05) is 65.8 Å². The summed E-state index contributed by atoms with van der Waals surface area (Å²) < 4.78 is 9.81. The van der Waals surface area contributed by atoms with Gasteiger partial charge >= 0.3 is 0 Å². The molecule has 0 amide bonds. The first-order chi connectivity index (χ1) is 13.2. The number of benzene rings is 1. The molecule has 4 rings (SSSR count). The Morgan fingerprint density at radius 1 is 1.07 bits per heavy atom. The summed E-state index contributed by atoms with van der Waals surface area (Å²) in [6.07, 6.45) is 3.74. The van der Waals surface area contributed by atoms with E-state index in [1.54, 1.807) is 6.20 Å². The first-order valence-corrected chi connectivity index (χ1v) is 8.91. The molecule has 3 aromatic heterocycles. The van der Waals surface area contributed by atoms with E-state index >= 15 is 0 Å². The molecule has 27 heavy (non-hydrogen) atoms. The van der Waals surface area contributed by atoms with Gasteiger partial charge in [-0.3, -0.25) is 10.00 Å². The van der Waals surface area contributed by atoms with E-state index in [9.17, 15) is 0 Å². The van der Waals surface area contributed by atoms with Gasteiger partial charge in [0.25, 0.3) is 5.89 Å². The fourth-order valence-electron chi connectivity index (χ4n) is 3.04. The molecule has 0 saturated carbocycles. The Balaban J connectivity index is 1.48. The smallest absolute Gasteiger partial charge is 0.264 e. The topological polar surface area (TPSA) is 73.7 Å². The van der Waals surface area contributed by atoms with Gasteiger partial charge in [0.2, 0.25) is 5.89 Å². The summed E-state index contributed by atoms with van der Waals surface area (Å²) in [7, 11) is 1.99. The van der Waals surface area contributed by atoms with Crippen LogP contribution in [-0.4, -0.2) is 24.5 Å². The number of hydrogen-bond donors (Lipinski definition) is 1. The zero-order chi connectivity index (χ0) is 18.6. The molecule has 0 aliphatic carbocycles. The molecule has 1 N–H and O–H groups in total. The van der Waals surface area contributed by atoms with Crippen molar-refractivity contribution in [2.75, 3.05) is 0 Å². The number of aryl methyl sites for hydroxylation is 1.